The smallest absolute Gasteiger partial charge is 0.243 e. The van der Waals surface area contributed by atoms with E-state index in [4.69, 9.17) is 4.74 Å². The van der Waals surface area contributed by atoms with Crippen LogP contribution in [-0.2, 0) is 21.8 Å². The largest absolute Gasteiger partial charge is 0.374 e. The van der Waals surface area contributed by atoms with Crippen LogP contribution in [0, 0.1) is 18.6 Å². The predicted octanol–water partition coefficient (Wildman–Crippen LogP) is 2.56. The lowest BCUT2D eigenvalue weighted by Crippen LogP contribution is -2.33. The number of hydrogen-bond donors (Lipinski definition) is 1. The maximum Gasteiger partial charge on any atom is 0.243 e. The summed E-state index contributed by atoms with van der Waals surface area (Å²) in [6.45, 7) is 3.15. The summed E-state index contributed by atoms with van der Waals surface area (Å²) in [5.41, 5.74) is 0.619. The average Bonchev–Trinajstić information content (AvgIpc) is 3.41. The number of ether oxygens (including phenoxy) is 1. The Kier molecular flexibility index (Phi) is 6.58. The summed E-state index contributed by atoms with van der Waals surface area (Å²) in [7, 11) is -1.25. The number of nitrogens with one attached hydrogen (secondary N) is 1. The number of para-hydroxylation sites is 1. The topological polar surface area (TPSA) is 130 Å². The highest BCUT2D eigenvalue weighted by Crippen LogP contribution is 2.30. The summed E-state index contributed by atoms with van der Waals surface area (Å²) in [6.07, 6.45) is 3.53. The SMILES string of the molecule is COC(c1cnc(C)cn1)C(C)S(=O)(=O)Nc1nnc(-c2ccn(C)n2)n1-c1c(F)cccc1F. The van der Waals surface area contributed by atoms with E-state index in [1.165, 1.54) is 37.2 Å². The summed E-state index contributed by atoms with van der Waals surface area (Å²) in [5.74, 6) is -2.38. The maximum absolute atomic E-state index is 14.8. The number of benzene rings is 1. The lowest BCUT2D eigenvalue weighted by Gasteiger charge is -2.22. The molecule has 3 heterocycles. The Balaban J connectivity index is 1.78. The first-order valence-electron chi connectivity index (χ1n) is 10.3. The summed E-state index contributed by atoms with van der Waals surface area (Å²) >= 11 is 0. The molecule has 1 aromatic carbocycles. The number of aromatic nitrogens is 7. The maximum atomic E-state index is 14.8. The minimum absolute atomic E-state index is 0.0624. The minimum Gasteiger partial charge on any atom is -0.374 e. The van der Waals surface area contributed by atoms with Crippen LogP contribution in [0.5, 0.6) is 0 Å². The molecule has 0 aliphatic heterocycles. The zero-order chi connectivity index (χ0) is 25.3. The van der Waals surface area contributed by atoms with E-state index in [2.05, 4.69) is 30.0 Å². The molecule has 0 aliphatic carbocycles. The molecule has 3 aromatic heterocycles. The van der Waals surface area contributed by atoms with Crippen molar-refractivity contribution in [3.8, 4) is 17.2 Å². The first-order valence-corrected chi connectivity index (χ1v) is 11.9. The van der Waals surface area contributed by atoms with Gasteiger partial charge in [0, 0.05) is 26.6 Å². The fourth-order valence-corrected chi connectivity index (χ4v) is 4.60. The Morgan fingerprint density at radius 1 is 1.09 bits per heavy atom. The molecule has 0 radical (unpaired) electrons. The van der Waals surface area contributed by atoms with Crippen molar-refractivity contribution in [2.75, 3.05) is 11.8 Å². The van der Waals surface area contributed by atoms with Gasteiger partial charge >= 0.3 is 0 Å². The molecule has 2 atom stereocenters. The van der Waals surface area contributed by atoms with Crippen molar-refractivity contribution >= 4 is 16.0 Å². The van der Waals surface area contributed by atoms with E-state index >= 15 is 0 Å². The quantitative estimate of drug-likeness (QED) is 0.388. The van der Waals surface area contributed by atoms with Gasteiger partial charge in [-0.1, -0.05) is 6.07 Å². The highest BCUT2D eigenvalue weighted by Gasteiger charge is 2.34. The van der Waals surface area contributed by atoms with Crippen molar-refractivity contribution < 1.29 is 21.9 Å². The van der Waals surface area contributed by atoms with Gasteiger partial charge in [0.15, 0.2) is 5.82 Å². The molecular weight excluding hydrogens is 482 g/mol. The highest BCUT2D eigenvalue weighted by atomic mass is 32.2. The monoisotopic (exact) mass is 504 g/mol. The van der Waals surface area contributed by atoms with Gasteiger partial charge in [-0.05, 0) is 32.0 Å². The van der Waals surface area contributed by atoms with Gasteiger partial charge in [-0.2, -0.15) is 5.10 Å². The Labute approximate surface area is 199 Å². The summed E-state index contributed by atoms with van der Waals surface area (Å²) < 4.78 is 66.3. The van der Waals surface area contributed by atoms with E-state index in [1.807, 2.05) is 0 Å². The number of anilines is 1. The molecule has 2 unspecified atom stereocenters. The highest BCUT2D eigenvalue weighted by molar-refractivity contribution is 7.93. The fourth-order valence-electron chi connectivity index (χ4n) is 3.45. The van der Waals surface area contributed by atoms with Crippen molar-refractivity contribution in [1.82, 2.24) is 34.5 Å². The van der Waals surface area contributed by atoms with Crippen LogP contribution in [0.1, 0.15) is 24.4 Å². The number of aryl methyl sites for hydroxylation is 2. The molecule has 4 aromatic rings. The number of hydrogen-bond acceptors (Lipinski definition) is 8. The normalized spacial score (nSPS) is 13.5. The van der Waals surface area contributed by atoms with E-state index in [1.54, 1.807) is 26.2 Å². The van der Waals surface area contributed by atoms with Gasteiger partial charge in [0.2, 0.25) is 16.0 Å². The molecule has 0 saturated heterocycles. The van der Waals surface area contributed by atoms with Crippen LogP contribution in [0.2, 0.25) is 0 Å². The van der Waals surface area contributed by atoms with Gasteiger partial charge in [-0.15, -0.1) is 10.2 Å². The lowest BCUT2D eigenvalue weighted by atomic mass is 10.2. The van der Waals surface area contributed by atoms with Crippen LogP contribution >= 0.6 is 0 Å². The molecule has 184 valence electrons. The number of halogens is 2. The zero-order valence-corrected chi connectivity index (χ0v) is 20.0. The number of rotatable bonds is 8. The molecule has 0 bridgehead atoms. The minimum atomic E-state index is -4.24. The van der Waals surface area contributed by atoms with Crippen molar-refractivity contribution in [3.05, 3.63) is 65.9 Å². The summed E-state index contributed by atoms with van der Waals surface area (Å²) in [4.78, 5) is 8.33. The third kappa shape index (κ3) is 4.74. The third-order valence-electron chi connectivity index (χ3n) is 5.26. The van der Waals surface area contributed by atoms with Crippen LogP contribution in [0.3, 0.4) is 0 Å². The van der Waals surface area contributed by atoms with E-state index in [9.17, 15) is 17.2 Å². The lowest BCUT2D eigenvalue weighted by molar-refractivity contribution is 0.0985. The predicted molar refractivity (Wildman–Crippen MR) is 122 cm³/mol. The Morgan fingerprint density at radius 2 is 1.80 bits per heavy atom. The standard InChI is InChI=1S/C21H22F2N8O3S/c1-12-10-25-17(11-24-12)19(34-4)13(2)35(32,33)29-21-27-26-20(16-8-9-30(3)28-16)31(21)18-14(22)6-5-7-15(18)23/h5-11,13,19H,1-4H3,(H,27,29). The van der Waals surface area contributed by atoms with Crippen molar-refractivity contribution in [3.63, 3.8) is 0 Å². The van der Waals surface area contributed by atoms with Gasteiger partial charge in [0.05, 0.1) is 17.6 Å². The average molecular weight is 505 g/mol. The van der Waals surface area contributed by atoms with Gasteiger partial charge in [-0.3, -0.25) is 23.9 Å². The van der Waals surface area contributed by atoms with Crippen molar-refractivity contribution in [2.24, 2.45) is 7.05 Å². The van der Waals surface area contributed by atoms with Gasteiger partial charge in [-0.25, -0.2) is 17.2 Å². The van der Waals surface area contributed by atoms with E-state index in [-0.39, 0.29) is 11.5 Å². The first kappa shape index (κ1) is 24.3. The van der Waals surface area contributed by atoms with Gasteiger partial charge < -0.3 is 4.74 Å². The molecule has 35 heavy (non-hydrogen) atoms. The second-order valence-corrected chi connectivity index (χ2v) is 9.76. The number of nitrogens with zero attached hydrogens (tertiary/aromatic N) is 7. The van der Waals surface area contributed by atoms with E-state index in [0.717, 1.165) is 16.7 Å². The first-order chi connectivity index (χ1) is 16.6. The number of sulfonamides is 1. The van der Waals surface area contributed by atoms with Gasteiger partial charge in [0.1, 0.15) is 34.4 Å². The molecule has 0 fully saturated rings. The Bertz CT molecular complexity index is 1430. The second-order valence-electron chi connectivity index (χ2n) is 7.72. The van der Waals surface area contributed by atoms with Crippen LogP contribution < -0.4 is 4.72 Å². The molecular formula is C21H22F2N8O3S. The van der Waals surface area contributed by atoms with Crippen LogP contribution in [0.4, 0.5) is 14.7 Å². The number of methoxy groups -OCH3 is 1. The molecule has 0 aliphatic rings. The third-order valence-corrected chi connectivity index (χ3v) is 6.96. The molecule has 14 heteroatoms. The Hall–Kier alpha value is -3.78. The fraction of sp³-hybridized carbons (Fsp3) is 0.286. The summed E-state index contributed by atoms with van der Waals surface area (Å²) in [5, 5.41) is 10.8. The molecule has 0 saturated carbocycles. The van der Waals surface area contributed by atoms with E-state index < -0.39 is 44.6 Å². The molecule has 11 nitrogen and oxygen atoms in total. The van der Waals surface area contributed by atoms with Crippen molar-refractivity contribution in [2.45, 2.75) is 25.2 Å². The van der Waals surface area contributed by atoms with Crippen LogP contribution in [0.25, 0.3) is 17.2 Å². The van der Waals surface area contributed by atoms with Crippen LogP contribution in [-0.4, -0.2) is 55.3 Å². The van der Waals surface area contributed by atoms with E-state index in [0.29, 0.717) is 11.4 Å². The molecule has 1 N–H and O–H groups in total. The second kappa shape index (κ2) is 9.46. The Morgan fingerprint density at radius 3 is 2.37 bits per heavy atom. The van der Waals surface area contributed by atoms with Crippen LogP contribution in [0.15, 0.2) is 42.9 Å². The van der Waals surface area contributed by atoms with Crippen molar-refractivity contribution in [1.29, 1.82) is 0 Å². The molecule has 0 spiro atoms. The van der Waals surface area contributed by atoms with Gasteiger partial charge in [0.25, 0.3) is 0 Å². The molecule has 0 amide bonds. The zero-order valence-electron chi connectivity index (χ0n) is 19.2. The molecule has 4 rings (SSSR count). The summed E-state index contributed by atoms with van der Waals surface area (Å²) in [6, 6.07) is 4.82.